The van der Waals surface area contributed by atoms with Crippen LogP contribution < -0.4 is 0 Å². The van der Waals surface area contributed by atoms with E-state index < -0.39 is 0 Å². The van der Waals surface area contributed by atoms with E-state index in [9.17, 15) is 5.11 Å². The van der Waals surface area contributed by atoms with Crippen LogP contribution in [-0.2, 0) is 0 Å². The molecule has 0 aromatic carbocycles. The third-order valence-electron chi connectivity index (χ3n) is 2.75. The molecule has 1 rings (SSSR count). The molecule has 1 aliphatic carbocycles. The Balaban J connectivity index is 2.68. The van der Waals surface area contributed by atoms with Crippen LogP contribution in [0.1, 0.15) is 26.7 Å². The normalized spacial score (nSPS) is 38.5. The Morgan fingerprint density at radius 3 is 2.73 bits per heavy atom. The van der Waals surface area contributed by atoms with Gasteiger partial charge in [0.05, 0.1) is 6.10 Å². The Bertz CT molecular complexity index is 160. The van der Waals surface area contributed by atoms with E-state index in [-0.39, 0.29) is 6.10 Å². The third kappa shape index (κ3) is 1.84. The molecule has 0 bridgehead atoms. The molecule has 1 aliphatic rings. The number of aliphatic hydroxyl groups excluding tert-OH is 1. The van der Waals surface area contributed by atoms with E-state index >= 15 is 0 Å². The quantitative estimate of drug-likeness (QED) is 0.452. The highest BCUT2D eigenvalue weighted by Crippen LogP contribution is 2.30. The molecule has 0 aromatic heterocycles. The zero-order chi connectivity index (χ0) is 8.43. The predicted molar refractivity (Wildman–Crippen MR) is 47.0 cm³/mol. The summed E-state index contributed by atoms with van der Waals surface area (Å²) < 4.78 is 0. The lowest BCUT2D eigenvalue weighted by molar-refractivity contribution is 0.117. The van der Waals surface area contributed by atoms with E-state index in [0.29, 0.717) is 11.8 Å². The predicted octanol–water partition coefficient (Wildman–Crippen LogP) is 2.17. The van der Waals surface area contributed by atoms with Gasteiger partial charge in [0.1, 0.15) is 0 Å². The Labute approximate surface area is 69.1 Å². The second-order valence-corrected chi connectivity index (χ2v) is 3.61. The number of hydrogen-bond donors (Lipinski definition) is 1. The summed E-state index contributed by atoms with van der Waals surface area (Å²) in [6, 6.07) is 0. The van der Waals surface area contributed by atoms with E-state index in [4.69, 9.17) is 0 Å². The monoisotopic (exact) mass is 153 g/mol. The largest absolute Gasteiger partial charge is 0.389 e. The fourth-order valence-corrected chi connectivity index (χ4v) is 1.58. The van der Waals surface area contributed by atoms with Crippen molar-refractivity contribution in [1.82, 2.24) is 0 Å². The molecule has 64 valence electrons. The zero-order valence-electron chi connectivity index (χ0n) is 7.38. The van der Waals surface area contributed by atoms with Crippen molar-refractivity contribution in [2.24, 2.45) is 11.8 Å². The van der Waals surface area contributed by atoms with Gasteiger partial charge in [-0.25, -0.2) is 0 Å². The highest BCUT2D eigenvalue weighted by atomic mass is 16.3. The molecule has 0 aliphatic heterocycles. The molecule has 0 spiro atoms. The van der Waals surface area contributed by atoms with Crippen molar-refractivity contribution in [2.45, 2.75) is 32.8 Å². The standard InChI is InChI=1S/C10H17O/c1-4-9-5-7(2)8(3)10(11)6-9/h6-8,10-11H,1,4-5H2,2-3H3/q-1. The molecular formula is C10H17O-. The molecule has 0 heterocycles. The van der Waals surface area contributed by atoms with E-state index in [1.807, 2.05) is 6.08 Å². The number of aliphatic hydroxyl groups is 1. The Morgan fingerprint density at radius 1 is 1.64 bits per heavy atom. The molecule has 0 amide bonds. The number of rotatable bonds is 1. The molecular weight excluding hydrogens is 136 g/mol. The van der Waals surface area contributed by atoms with Crippen molar-refractivity contribution >= 4 is 0 Å². The van der Waals surface area contributed by atoms with Gasteiger partial charge in [-0.15, -0.1) is 5.57 Å². The van der Waals surface area contributed by atoms with Crippen LogP contribution in [-0.4, -0.2) is 11.2 Å². The van der Waals surface area contributed by atoms with Crippen molar-refractivity contribution < 1.29 is 5.11 Å². The Kier molecular flexibility index (Phi) is 2.72. The van der Waals surface area contributed by atoms with Gasteiger partial charge in [0.15, 0.2) is 0 Å². The molecule has 0 saturated carbocycles. The molecule has 1 heteroatoms. The van der Waals surface area contributed by atoms with Crippen molar-refractivity contribution in [3.8, 4) is 0 Å². The molecule has 1 N–H and O–H groups in total. The molecule has 0 fully saturated rings. The van der Waals surface area contributed by atoms with Crippen LogP contribution in [0.5, 0.6) is 0 Å². The second kappa shape index (κ2) is 3.40. The van der Waals surface area contributed by atoms with Crippen LogP contribution in [0.4, 0.5) is 0 Å². The van der Waals surface area contributed by atoms with Gasteiger partial charge in [-0.3, -0.25) is 0 Å². The van der Waals surface area contributed by atoms with E-state index in [2.05, 4.69) is 20.8 Å². The lowest BCUT2D eigenvalue weighted by atomic mass is 9.79. The summed E-state index contributed by atoms with van der Waals surface area (Å²) in [6.07, 6.45) is 3.68. The molecule has 0 saturated heterocycles. The van der Waals surface area contributed by atoms with E-state index in [0.717, 1.165) is 12.8 Å². The fourth-order valence-electron chi connectivity index (χ4n) is 1.58. The molecule has 3 unspecified atom stereocenters. The summed E-state index contributed by atoms with van der Waals surface area (Å²) in [6.45, 7) is 8.12. The minimum Gasteiger partial charge on any atom is -0.389 e. The Morgan fingerprint density at radius 2 is 2.27 bits per heavy atom. The summed E-state index contributed by atoms with van der Waals surface area (Å²) in [5.41, 5.74) is 1.31. The van der Waals surface area contributed by atoms with Gasteiger partial charge >= 0.3 is 0 Å². The average Bonchev–Trinajstić information content (AvgIpc) is 1.99. The minimum absolute atomic E-state index is 0.240. The van der Waals surface area contributed by atoms with Crippen LogP contribution in [0.15, 0.2) is 11.6 Å². The first kappa shape index (κ1) is 8.79. The first-order valence-electron chi connectivity index (χ1n) is 4.32. The van der Waals surface area contributed by atoms with Gasteiger partial charge in [-0.2, -0.15) is 6.42 Å². The lowest BCUT2D eigenvalue weighted by Gasteiger charge is -2.30. The smallest absolute Gasteiger partial charge is 0.0750 e. The topological polar surface area (TPSA) is 20.2 Å². The average molecular weight is 153 g/mol. The van der Waals surface area contributed by atoms with Gasteiger partial charge in [0.2, 0.25) is 0 Å². The molecule has 0 aromatic rings. The maximum Gasteiger partial charge on any atom is 0.0750 e. The molecule has 3 atom stereocenters. The Hall–Kier alpha value is -0.300. The summed E-state index contributed by atoms with van der Waals surface area (Å²) >= 11 is 0. The molecule has 0 radical (unpaired) electrons. The van der Waals surface area contributed by atoms with E-state index in [1.54, 1.807) is 0 Å². The van der Waals surface area contributed by atoms with Gasteiger partial charge < -0.3 is 12.0 Å². The first-order valence-corrected chi connectivity index (χ1v) is 4.32. The summed E-state index contributed by atoms with van der Waals surface area (Å²) in [5.74, 6) is 1.01. The van der Waals surface area contributed by atoms with Gasteiger partial charge in [-0.05, 0) is 18.3 Å². The number of allylic oxidation sites excluding steroid dienone is 1. The SMILES string of the molecule is [CH2-]CC1=CC(O)C(C)C(C)C1. The second-order valence-electron chi connectivity index (χ2n) is 3.61. The summed E-state index contributed by atoms with van der Waals surface area (Å²) in [4.78, 5) is 0. The summed E-state index contributed by atoms with van der Waals surface area (Å²) in [7, 11) is 0. The lowest BCUT2D eigenvalue weighted by Crippen LogP contribution is -2.26. The van der Waals surface area contributed by atoms with Gasteiger partial charge in [-0.1, -0.05) is 19.9 Å². The van der Waals surface area contributed by atoms with Gasteiger partial charge in [0.25, 0.3) is 0 Å². The van der Waals surface area contributed by atoms with Crippen LogP contribution >= 0.6 is 0 Å². The van der Waals surface area contributed by atoms with Crippen molar-refractivity contribution in [3.63, 3.8) is 0 Å². The van der Waals surface area contributed by atoms with Crippen LogP contribution in [0.3, 0.4) is 0 Å². The minimum atomic E-state index is -0.240. The number of hydrogen-bond acceptors (Lipinski definition) is 1. The maximum atomic E-state index is 9.55. The van der Waals surface area contributed by atoms with E-state index in [1.165, 1.54) is 5.57 Å². The maximum absolute atomic E-state index is 9.55. The fraction of sp³-hybridized carbons (Fsp3) is 0.700. The van der Waals surface area contributed by atoms with Crippen LogP contribution in [0, 0.1) is 18.8 Å². The van der Waals surface area contributed by atoms with Crippen molar-refractivity contribution in [3.05, 3.63) is 18.6 Å². The third-order valence-corrected chi connectivity index (χ3v) is 2.75. The summed E-state index contributed by atoms with van der Waals surface area (Å²) in [5, 5.41) is 9.55. The highest BCUT2D eigenvalue weighted by Gasteiger charge is 2.23. The van der Waals surface area contributed by atoms with Gasteiger partial charge in [0, 0.05) is 0 Å². The highest BCUT2D eigenvalue weighted by molar-refractivity contribution is 5.12. The van der Waals surface area contributed by atoms with Crippen molar-refractivity contribution in [1.29, 1.82) is 0 Å². The molecule has 11 heavy (non-hydrogen) atoms. The van der Waals surface area contributed by atoms with Crippen LogP contribution in [0.25, 0.3) is 0 Å². The molecule has 1 nitrogen and oxygen atoms in total. The van der Waals surface area contributed by atoms with Crippen molar-refractivity contribution in [2.75, 3.05) is 0 Å². The zero-order valence-corrected chi connectivity index (χ0v) is 7.38. The van der Waals surface area contributed by atoms with Crippen LogP contribution in [0.2, 0.25) is 0 Å². The first-order chi connectivity index (χ1) is 5.15.